The van der Waals surface area contributed by atoms with E-state index >= 15 is 0 Å². The fourth-order valence-electron chi connectivity index (χ4n) is 5.57. The standard InChI is InChI=1S/C27H30O9/c1-7-12(2)26(30)36-21-14(4)13(3)20(28)16-9-17(31-5)23(32-6)25(29)27(16)10-33-24-19(27)15(21)8-18-22(24)35-11-34-18/h7-9,13-14,20-21,28H,10-11H2,1-6H3/t13-,14+,20+,21+,27-/m0/s1. The second kappa shape index (κ2) is 8.58. The molecule has 2 aliphatic carbocycles. The molecule has 0 saturated carbocycles. The van der Waals surface area contributed by atoms with Gasteiger partial charge in [-0.15, -0.1) is 0 Å². The van der Waals surface area contributed by atoms with E-state index in [1.807, 2.05) is 13.8 Å². The summed E-state index contributed by atoms with van der Waals surface area (Å²) in [5.74, 6) is -0.231. The van der Waals surface area contributed by atoms with Crippen LogP contribution in [-0.2, 0) is 29.2 Å². The van der Waals surface area contributed by atoms with Gasteiger partial charge in [-0.1, -0.05) is 19.9 Å². The molecule has 9 nitrogen and oxygen atoms in total. The number of carbonyl (C=O) groups is 2. The van der Waals surface area contributed by atoms with Crippen molar-refractivity contribution in [1.29, 1.82) is 0 Å². The molecular weight excluding hydrogens is 468 g/mol. The van der Waals surface area contributed by atoms with E-state index in [0.717, 1.165) is 0 Å². The first-order valence-electron chi connectivity index (χ1n) is 11.9. The van der Waals surface area contributed by atoms with Crippen molar-refractivity contribution in [2.24, 2.45) is 11.8 Å². The van der Waals surface area contributed by atoms with Crippen LogP contribution in [0.5, 0.6) is 17.2 Å². The van der Waals surface area contributed by atoms with Gasteiger partial charge >= 0.3 is 5.97 Å². The van der Waals surface area contributed by atoms with Crippen LogP contribution < -0.4 is 14.2 Å². The number of benzene rings is 1. The number of fused-ring (bicyclic) bond motifs is 2. The summed E-state index contributed by atoms with van der Waals surface area (Å²) in [5.41, 5.74) is 0.530. The fourth-order valence-corrected chi connectivity index (χ4v) is 5.57. The average Bonchev–Trinajstić information content (AvgIpc) is 3.51. The van der Waals surface area contributed by atoms with Gasteiger partial charge in [0.1, 0.15) is 18.1 Å². The number of allylic oxidation sites excluding steroid dienone is 3. The second-order valence-corrected chi connectivity index (χ2v) is 9.59. The zero-order valence-corrected chi connectivity index (χ0v) is 21.2. The van der Waals surface area contributed by atoms with Crippen molar-refractivity contribution in [2.45, 2.75) is 45.3 Å². The maximum absolute atomic E-state index is 14.2. The molecule has 0 fully saturated rings. The highest BCUT2D eigenvalue weighted by atomic mass is 16.7. The summed E-state index contributed by atoms with van der Waals surface area (Å²) >= 11 is 0. The summed E-state index contributed by atoms with van der Waals surface area (Å²) in [6.45, 7) is 7.12. The van der Waals surface area contributed by atoms with E-state index in [0.29, 0.717) is 39.5 Å². The van der Waals surface area contributed by atoms with Crippen molar-refractivity contribution in [1.82, 2.24) is 0 Å². The molecule has 2 heterocycles. The van der Waals surface area contributed by atoms with E-state index in [1.54, 1.807) is 32.1 Å². The van der Waals surface area contributed by atoms with Crippen LogP contribution in [0.25, 0.3) is 0 Å². The number of aliphatic hydroxyl groups excluding tert-OH is 1. The molecule has 1 aromatic rings. The second-order valence-electron chi connectivity index (χ2n) is 9.59. The van der Waals surface area contributed by atoms with Gasteiger partial charge in [0, 0.05) is 22.6 Å². The van der Waals surface area contributed by atoms with Crippen molar-refractivity contribution in [3.8, 4) is 17.2 Å². The van der Waals surface area contributed by atoms with Gasteiger partial charge < -0.3 is 33.5 Å². The Morgan fingerprint density at radius 1 is 1.14 bits per heavy atom. The lowest BCUT2D eigenvalue weighted by atomic mass is 9.61. The number of carbonyl (C=O) groups excluding carboxylic acids is 2. The smallest absolute Gasteiger partial charge is 0.333 e. The van der Waals surface area contributed by atoms with Gasteiger partial charge in [0.25, 0.3) is 0 Å². The molecule has 5 atom stereocenters. The van der Waals surface area contributed by atoms with Gasteiger partial charge in [-0.05, 0) is 37.5 Å². The lowest BCUT2D eigenvalue weighted by molar-refractivity contribution is -0.149. The minimum atomic E-state index is -1.42. The Balaban J connectivity index is 1.84. The first-order chi connectivity index (χ1) is 17.2. The maximum Gasteiger partial charge on any atom is 0.333 e. The van der Waals surface area contributed by atoms with E-state index in [-0.39, 0.29) is 30.8 Å². The number of Topliss-reactive ketones (excluding diaryl/α,β-unsaturated/α-hetero) is 1. The monoisotopic (exact) mass is 498 g/mol. The maximum atomic E-state index is 14.2. The summed E-state index contributed by atoms with van der Waals surface area (Å²) in [7, 11) is 2.84. The normalized spacial score (nSPS) is 30.5. The van der Waals surface area contributed by atoms with E-state index in [9.17, 15) is 14.7 Å². The Kier molecular flexibility index (Phi) is 5.78. The Bertz CT molecular complexity index is 1240. The fraction of sp³-hybridized carbons (Fsp3) is 0.481. The van der Waals surface area contributed by atoms with E-state index in [4.69, 9.17) is 28.4 Å². The number of ether oxygens (including phenoxy) is 6. The molecule has 5 rings (SSSR count). The number of rotatable bonds is 4. The third-order valence-electron chi connectivity index (χ3n) is 7.95. The molecular formula is C27H30O9. The summed E-state index contributed by atoms with van der Waals surface area (Å²) in [4.78, 5) is 27.2. The highest BCUT2D eigenvalue weighted by molar-refractivity contribution is 6.08. The lowest BCUT2D eigenvalue weighted by Gasteiger charge is -2.43. The zero-order chi connectivity index (χ0) is 25.9. The number of hydrogen-bond donors (Lipinski definition) is 1. The molecule has 2 aliphatic heterocycles. The van der Waals surface area contributed by atoms with Crippen molar-refractivity contribution in [3.63, 3.8) is 0 Å². The summed E-state index contributed by atoms with van der Waals surface area (Å²) in [6.07, 6.45) is 1.48. The van der Waals surface area contributed by atoms with E-state index in [2.05, 4.69) is 0 Å². The largest absolute Gasteiger partial charge is 0.493 e. The number of ketones is 1. The van der Waals surface area contributed by atoms with Gasteiger partial charge in [0.05, 0.1) is 20.3 Å². The Labute approximate surface area is 209 Å². The predicted molar refractivity (Wildman–Crippen MR) is 126 cm³/mol. The molecule has 0 unspecified atom stereocenters. The number of hydrogen-bond acceptors (Lipinski definition) is 9. The average molecular weight is 499 g/mol. The number of aliphatic hydroxyl groups is 1. The van der Waals surface area contributed by atoms with Gasteiger partial charge in [0.2, 0.25) is 24.1 Å². The van der Waals surface area contributed by atoms with Crippen molar-refractivity contribution in [3.05, 3.63) is 52.0 Å². The quantitative estimate of drug-likeness (QED) is 0.494. The Morgan fingerprint density at radius 2 is 1.89 bits per heavy atom. The topological polar surface area (TPSA) is 110 Å². The predicted octanol–water partition coefficient (Wildman–Crippen LogP) is 3.26. The van der Waals surface area contributed by atoms with Gasteiger partial charge in [-0.25, -0.2) is 4.79 Å². The molecule has 4 aliphatic rings. The SMILES string of the molecule is CC=C(C)C(=O)O[C@H]1c2cc3c(c4c2[C@@]2(CO4)C(=O)C(OC)=C(OC)C=C2[C@H](O)[C@@H](C)[C@H]1C)OCO3. The van der Waals surface area contributed by atoms with Crippen LogP contribution in [0.2, 0.25) is 0 Å². The van der Waals surface area contributed by atoms with Crippen LogP contribution in [-0.4, -0.2) is 50.6 Å². The summed E-state index contributed by atoms with van der Waals surface area (Å²) < 4.78 is 34.6. The summed E-state index contributed by atoms with van der Waals surface area (Å²) in [6, 6.07) is 1.76. The van der Waals surface area contributed by atoms with Crippen LogP contribution in [0.15, 0.2) is 40.9 Å². The minimum Gasteiger partial charge on any atom is -0.493 e. The third-order valence-corrected chi connectivity index (χ3v) is 7.95. The molecule has 1 spiro atoms. The lowest BCUT2D eigenvalue weighted by Crippen LogP contribution is -2.51. The first-order valence-corrected chi connectivity index (χ1v) is 11.9. The molecule has 1 aromatic carbocycles. The number of esters is 1. The molecule has 0 aromatic heterocycles. The highest BCUT2D eigenvalue weighted by Crippen LogP contribution is 2.61. The molecule has 0 amide bonds. The van der Waals surface area contributed by atoms with Crippen molar-refractivity contribution < 1.29 is 43.1 Å². The van der Waals surface area contributed by atoms with Gasteiger partial charge in [0.15, 0.2) is 17.3 Å². The van der Waals surface area contributed by atoms with Crippen LogP contribution in [0.1, 0.15) is 44.9 Å². The first kappa shape index (κ1) is 24.2. The number of methoxy groups -OCH3 is 2. The van der Waals surface area contributed by atoms with Crippen molar-refractivity contribution >= 4 is 11.8 Å². The van der Waals surface area contributed by atoms with E-state index in [1.165, 1.54) is 14.2 Å². The van der Waals surface area contributed by atoms with Crippen molar-refractivity contribution in [2.75, 3.05) is 27.6 Å². The third kappa shape index (κ3) is 3.11. The van der Waals surface area contributed by atoms with E-state index < -0.39 is 35.3 Å². The van der Waals surface area contributed by atoms with Gasteiger partial charge in [-0.2, -0.15) is 0 Å². The molecule has 192 valence electrons. The molecule has 9 heteroatoms. The molecule has 0 radical (unpaired) electrons. The van der Waals surface area contributed by atoms with Gasteiger partial charge in [-0.3, -0.25) is 4.79 Å². The Hall–Kier alpha value is -3.46. The van der Waals surface area contributed by atoms with Crippen LogP contribution in [0.3, 0.4) is 0 Å². The highest BCUT2D eigenvalue weighted by Gasteiger charge is 2.61. The van der Waals surface area contributed by atoms with Crippen LogP contribution >= 0.6 is 0 Å². The molecule has 0 bridgehead atoms. The minimum absolute atomic E-state index is 0.00794. The van der Waals surface area contributed by atoms with Crippen LogP contribution in [0.4, 0.5) is 0 Å². The Morgan fingerprint density at radius 3 is 2.56 bits per heavy atom. The molecule has 1 N–H and O–H groups in total. The van der Waals surface area contributed by atoms with Crippen LogP contribution in [0, 0.1) is 11.8 Å². The molecule has 36 heavy (non-hydrogen) atoms. The summed E-state index contributed by atoms with van der Waals surface area (Å²) in [5, 5.41) is 11.7. The molecule has 0 saturated heterocycles. The zero-order valence-electron chi connectivity index (χ0n) is 21.2.